The molecular weight excluding hydrogens is 330 g/mol. The first-order valence-corrected chi connectivity index (χ1v) is 9.52. The van der Waals surface area contributed by atoms with E-state index in [1.807, 2.05) is 23.1 Å². The number of benzene rings is 1. The van der Waals surface area contributed by atoms with Crippen molar-refractivity contribution in [2.45, 2.75) is 37.6 Å². The van der Waals surface area contributed by atoms with Crippen LogP contribution in [0.4, 0.5) is 11.4 Å². The summed E-state index contributed by atoms with van der Waals surface area (Å²) in [7, 11) is 0. The van der Waals surface area contributed by atoms with Gasteiger partial charge in [-0.15, -0.1) is 0 Å². The molecule has 1 amide bonds. The number of nitrogens with zero attached hydrogens (tertiary/aromatic N) is 3. The van der Waals surface area contributed by atoms with Crippen molar-refractivity contribution in [1.82, 2.24) is 4.98 Å². The van der Waals surface area contributed by atoms with Crippen LogP contribution in [0.3, 0.4) is 0 Å². The molecule has 1 aromatic heterocycles. The normalized spacial score (nSPS) is 20.9. The van der Waals surface area contributed by atoms with Crippen molar-refractivity contribution >= 4 is 17.3 Å². The summed E-state index contributed by atoms with van der Waals surface area (Å²) in [4.78, 5) is 21.9. The highest BCUT2D eigenvalue weighted by molar-refractivity contribution is 6.07. The second kappa shape index (κ2) is 6.43. The van der Waals surface area contributed by atoms with Gasteiger partial charge >= 0.3 is 0 Å². The molecule has 2 aromatic rings. The third kappa shape index (κ3) is 2.78. The van der Waals surface area contributed by atoms with E-state index in [2.05, 4.69) is 16.0 Å². The number of oxazole rings is 1. The Bertz CT molecular complexity index is 808. The number of anilines is 2. The quantitative estimate of drug-likeness (QED) is 0.848. The van der Waals surface area contributed by atoms with E-state index in [-0.39, 0.29) is 11.8 Å². The van der Waals surface area contributed by atoms with E-state index in [0.29, 0.717) is 24.2 Å². The molecular formula is C20H23N3O3. The molecule has 0 unspecified atom stereocenters. The third-order valence-corrected chi connectivity index (χ3v) is 5.59. The van der Waals surface area contributed by atoms with Gasteiger partial charge in [-0.3, -0.25) is 4.79 Å². The average molecular weight is 353 g/mol. The van der Waals surface area contributed by atoms with Crippen molar-refractivity contribution in [3.05, 3.63) is 42.1 Å². The fourth-order valence-corrected chi connectivity index (χ4v) is 4.02. The zero-order valence-electron chi connectivity index (χ0n) is 14.8. The maximum Gasteiger partial charge on any atom is 0.280 e. The van der Waals surface area contributed by atoms with Crippen LogP contribution in [-0.2, 0) is 4.74 Å². The molecule has 1 saturated carbocycles. The van der Waals surface area contributed by atoms with Crippen LogP contribution in [0.15, 0.2) is 34.9 Å². The predicted molar refractivity (Wildman–Crippen MR) is 97.8 cm³/mol. The van der Waals surface area contributed by atoms with Gasteiger partial charge in [-0.05, 0) is 37.8 Å². The molecule has 1 aliphatic carbocycles. The molecule has 2 aliphatic heterocycles. The Labute approximate surface area is 152 Å². The largest absolute Gasteiger partial charge is 0.448 e. The van der Waals surface area contributed by atoms with E-state index >= 15 is 0 Å². The fraction of sp³-hybridized carbons (Fsp3) is 0.500. The second-order valence-electron chi connectivity index (χ2n) is 7.33. The molecule has 6 nitrogen and oxygen atoms in total. The van der Waals surface area contributed by atoms with Crippen LogP contribution < -0.4 is 9.80 Å². The number of aromatic nitrogens is 1. The average Bonchev–Trinajstić information content (AvgIpc) is 3.43. The zero-order valence-corrected chi connectivity index (χ0v) is 14.8. The van der Waals surface area contributed by atoms with E-state index < -0.39 is 0 Å². The van der Waals surface area contributed by atoms with Gasteiger partial charge in [0.1, 0.15) is 6.26 Å². The van der Waals surface area contributed by atoms with Crippen LogP contribution in [0.25, 0.3) is 0 Å². The minimum absolute atomic E-state index is 0.0741. The Balaban J connectivity index is 1.40. The number of amides is 1. The Morgan fingerprint density at radius 3 is 2.58 bits per heavy atom. The molecule has 0 spiro atoms. The van der Waals surface area contributed by atoms with E-state index in [4.69, 9.17) is 9.15 Å². The Morgan fingerprint density at radius 1 is 1.04 bits per heavy atom. The molecule has 6 heteroatoms. The third-order valence-electron chi connectivity index (χ3n) is 5.59. The number of fused-ring (bicyclic) bond motifs is 1. The highest BCUT2D eigenvalue weighted by Gasteiger charge is 2.36. The van der Waals surface area contributed by atoms with Gasteiger partial charge in [0.15, 0.2) is 11.6 Å². The van der Waals surface area contributed by atoms with E-state index in [0.717, 1.165) is 44.0 Å². The molecule has 26 heavy (non-hydrogen) atoms. The first-order chi connectivity index (χ1) is 12.8. The van der Waals surface area contributed by atoms with E-state index in [9.17, 15) is 4.79 Å². The van der Waals surface area contributed by atoms with Gasteiger partial charge in [0.2, 0.25) is 0 Å². The lowest BCUT2D eigenvalue weighted by Gasteiger charge is -2.37. The molecule has 136 valence electrons. The van der Waals surface area contributed by atoms with Crippen molar-refractivity contribution in [2.75, 3.05) is 36.1 Å². The summed E-state index contributed by atoms with van der Waals surface area (Å²) in [6.45, 7) is 3.02. The minimum atomic E-state index is -0.0741. The topological polar surface area (TPSA) is 58.8 Å². The number of para-hydroxylation sites is 2. The van der Waals surface area contributed by atoms with Gasteiger partial charge < -0.3 is 19.0 Å². The highest BCUT2D eigenvalue weighted by Crippen LogP contribution is 2.40. The molecule has 3 aliphatic rings. The monoisotopic (exact) mass is 353 g/mol. The Hall–Kier alpha value is -2.34. The molecule has 5 rings (SSSR count). The van der Waals surface area contributed by atoms with Crippen molar-refractivity contribution in [1.29, 1.82) is 0 Å². The second-order valence-corrected chi connectivity index (χ2v) is 7.33. The summed E-state index contributed by atoms with van der Waals surface area (Å²) < 4.78 is 11.0. The summed E-state index contributed by atoms with van der Waals surface area (Å²) in [5.74, 6) is 0.848. The zero-order chi connectivity index (χ0) is 17.5. The molecule has 2 fully saturated rings. The summed E-state index contributed by atoms with van der Waals surface area (Å²) in [5.41, 5.74) is 2.54. The number of hydrogen-bond acceptors (Lipinski definition) is 5. The molecule has 0 radical (unpaired) electrons. The number of rotatable bonds is 3. The van der Waals surface area contributed by atoms with Gasteiger partial charge in [0, 0.05) is 38.3 Å². The molecule has 1 aromatic carbocycles. The standard InChI is InChI=1S/C20H23N3O3/c24-20(16-13-26-19(21-16)14-7-11-25-12-8-14)23-10-9-22(15-5-6-15)17-3-1-2-4-18(17)23/h1-4,13-15H,5-12H2. The van der Waals surface area contributed by atoms with Crippen molar-refractivity contribution in [2.24, 2.45) is 0 Å². The maximum atomic E-state index is 13.1. The van der Waals surface area contributed by atoms with Crippen LogP contribution in [-0.4, -0.2) is 43.2 Å². The first kappa shape index (κ1) is 15.9. The minimum Gasteiger partial charge on any atom is -0.448 e. The van der Waals surface area contributed by atoms with Crippen molar-refractivity contribution in [3.63, 3.8) is 0 Å². The van der Waals surface area contributed by atoms with Crippen molar-refractivity contribution in [3.8, 4) is 0 Å². The van der Waals surface area contributed by atoms with E-state index in [1.165, 1.54) is 19.1 Å². The Morgan fingerprint density at radius 2 is 1.81 bits per heavy atom. The van der Waals surface area contributed by atoms with Crippen molar-refractivity contribution < 1.29 is 13.9 Å². The van der Waals surface area contributed by atoms with Crippen LogP contribution in [0.5, 0.6) is 0 Å². The van der Waals surface area contributed by atoms with E-state index in [1.54, 1.807) is 0 Å². The summed E-state index contributed by atoms with van der Waals surface area (Å²) >= 11 is 0. The lowest BCUT2D eigenvalue weighted by Crippen LogP contribution is -2.45. The molecule has 3 heterocycles. The van der Waals surface area contributed by atoms with Gasteiger partial charge in [-0.2, -0.15) is 0 Å². The predicted octanol–water partition coefficient (Wildman–Crippen LogP) is 3.20. The van der Waals surface area contributed by atoms with Gasteiger partial charge in [0.05, 0.1) is 11.4 Å². The lowest BCUT2D eigenvalue weighted by molar-refractivity contribution is 0.0794. The molecule has 0 atom stereocenters. The molecule has 0 N–H and O–H groups in total. The molecule has 0 bridgehead atoms. The number of carbonyl (C=O) groups excluding carboxylic acids is 1. The summed E-state index contributed by atoms with van der Waals surface area (Å²) in [5, 5.41) is 0. The SMILES string of the molecule is O=C(c1coc(C2CCOCC2)n1)N1CCN(C2CC2)c2ccccc21. The number of hydrogen-bond donors (Lipinski definition) is 0. The Kier molecular flexibility index (Phi) is 3.93. The van der Waals surface area contributed by atoms with Gasteiger partial charge in [-0.1, -0.05) is 12.1 Å². The van der Waals surface area contributed by atoms with Crippen LogP contribution in [0, 0.1) is 0 Å². The summed E-state index contributed by atoms with van der Waals surface area (Å²) in [6.07, 6.45) is 5.82. The maximum absolute atomic E-state index is 13.1. The van der Waals surface area contributed by atoms with Crippen LogP contribution in [0.1, 0.15) is 48.0 Å². The molecule has 1 saturated heterocycles. The fourth-order valence-electron chi connectivity index (χ4n) is 4.02. The number of ether oxygens (including phenoxy) is 1. The first-order valence-electron chi connectivity index (χ1n) is 9.52. The lowest BCUT2D eigenvalue weighted by atomic mass is 10.0. The van der Waals surface area contributed by atoms with Crippen LogP contribution in [0.2, 0.25) is 0 Å². The van der Waals surface area contributed by atoms with Crippen LogP contribution >= 0.6 is 0 Å². The number of carbonyl (C=O) groups is 1. The van der Waals surface area contributed by atoms with Gasteiger partial charge in [-0.25, -0.2) is 4.98 Å². The highest BCUT2D eigenvalue weighted by atomic mass is 16.5. The smallest absolute Gasteiger partial charge is 0.280 e. The summed E-state index contributed by atoms with van der Waals surface area (Å²) in [6, 6.07) is 8.82. The van der Waals surface area contributed by atoms with Gasteiger partial charge in [0.25, 0.3) is 5.91 Å².